The zero-order valence-electron chi connectivity index (χ0n) is 17.7. The summed E-state index contributed by atoms with van der Waals surface area (Å²) in [5.41, 5.74) is 3.17. The molecule has 2 N–H and O–H groups in total. The number of fused-ring (bicyclic) bond motifs is 1. The normalized spacial score (nSPS) is 15.9. The van der Waals surface area contributed by atoms with Gasteiger partial charge in [0.15, 0.2) is 0 Å². The van der Waals surface area contributed by atoms with Crippen molar-refractivity contribution in [1.82, 2.24) is 5.32 Å². The quantitative estimate of drug-likeness (QED) is 0.774. The maximum Gasteiger partial charge on any atom is 0.253 e. The van der Waals surface area contributed by atoms with E-state index in [1.54, 1.807) is 25.3 Å². The Bertz CT molecular complexity index is 899. The van der Waals surface area contributed by atoms with Crippen molar-refractivity contribution in [2.45, 2.75) is 57.9 Å². The fourth-order valence-corrected chi connectivity index (χ4v) is 3.85. The first-order valence-corrected chi connectivity index (χ1v) is 10.1. The third-order valence-corrected chi connectivity index (χ3v) is 5.15. The van der Waals surface area contributed by atoms with Crippen LogP contribution in [0.1, 0.15) is 67.4 Å². The predicted molar refractivity (Wildman–Crippen MR) is 116 cm³/mol. The van der Waals surface area contributed by atoms with E-state index in [2.05, 4.69) is 22.8 Å². The van der Waals surface area contributed by atoms with Crippen LogP contribution in [0.15, 0.2) is 42.5 Å². The number of nitrogens with one attached hydrogen (secondary N) is 2. The largest absolute Gasteiger partial charge is 0.497 e. The van der Waals surface area contributed by atoms with E-state index in [0.717, 1.165) is 25.0 Å². The van der Waals surface area contributed by atoms with Gasteiger partial charge in [0.2, 0.25) is 5.91 Å². The van der Waals surface area contributed by atoms with Crippen LogP contribution in [-0.2, 0) is 11.2 Å². The van der Waals surface area contributed by atoms with Crippen molar-refractivity contribution in [2.75, 3.05) is 12.4 Å². The third-order valence-electron chi connectivity index (χ3n) is 5.15. The highest BCUT2D eigenvalue weighted by Gasteiger charge is 2.24. The molecule has 2 aromatic carbocycles. The maximum atomic E-state index is 12.8. The Balaban J connectivity index is 1.72. The fourth-order valence-electron chi connectivity index (χ4n) is 3.85. The van der Waals surface area contributed by atoms with Crippen molar-refractivity contribution < 1.29 is 14.3 Å². The summed E-state index contributed by atoms with van der Waals surface area (Å²) in [6, 6.07) is 13.3. The Hall–Kier alpha value is -2.82. The molecule has 1 unspecified atom stereocenters. The van der Waals surface area contributed by atoms with Crippen molar-refractivity contribution in [2.24, 2.45) is 0 Å². The minimum atomic E-state index is -0.346. The Morgan fingerprint density at radius 3 is 2.62 bits per heavy atom. The molecule has 0 radical (unpaired) electrons. The van der Waals surface area contributed by atoms with Gasteiger partial charge < -0.3 is 15.4 Å². The van der Waals surface area contributed by atoms with E-state index in [0.29, 0.717) is 17.7 Å². The van der Waals surface area contributed by atoms with Crippen LogP contribution in [-0.4, -0.2) is 24.5 Å². The van der Waals surface area contributed by atoms with E-state index in [1.165, 1.54) is 11.1 Å². The minimum Gasteiger partial charge on any atom is -0.497 e. The second-order valence-electron chi connectivity index (χ2n) is 8.66. The molecule has 0 aromatic heterocycles. The van der Waals surface area contributed by atoms with Crippen molar-refractivity contribution in [1.29, 1.82) is 0 Å². The number of aryl methyl sites for hydroxylation is 1. The van der Waals surface area contributed by atoms with E-state index in [-0.39, 0.29) is 23.3 Å². The van der Waals surface area contributed by atoms with Gasteiger partial charge in [0.05, 0.1) is 18.4 Å². The molecule has 0 bridgehead atoms. The molecular weight excluding hydrogens is 364 g/mol. The van der Waals surface area contributed by atoms with Gasteiger partial charge in [-0.05, 0) is 81.3 Å². The molecule has 5 heteroatoms. The molecule has 5 nitrogen and oxygen atoms in total. The number of ether oxygens (including phenoxy) is 1. The first-order valence-electron chi connectivity index (χ1n) is 10.1. The molecule has 1 atom stereocenters. The van der Waals surface area contributed by atoms with Gasteiger partial charge in [-0.2, -0.15) is 0 Å². The van der Waals surface area contributed by atoms with Gasteiger partial charge in [-0.3, -0.25) is 9.59 Å². The topological polar surface area (TPSA) is 67.4 Å². The SMILES string of the molecule is COc1ccc2c(c1)CCCC2CC(=O)Nc1ccccc1C(=O)NC(C)(C)C. The number of carbonyl (C=O) groups excluding carboxylic acids is 2. The summed E-state index contributed by atoms with van der Waals surface area (Å²) in [4.78, 5) is 25.4. The van der Waals surface area contributed by atoms with Gasteiger partial charge in [0.25, 0.3) is 5.91 Å². The Morgan fingerprint density at radius 1 is 1.14 bits per heavy atom. The molecule has 0 saturated carbocycles. The number of para-hydroxylation sites is 1. The molecule has 29 heavy (non-hydrogen) atoms. The lowest BCUT2D eigenvalue weighted by atomic mass is 9.81. The Morgan fingerprint density at radius 2 is 1.90 bits per heavy atom. The van der Waals surface area contributed by atoms with Gasteiger partial charge in [-0.25, -0.2) is 0 Å². The molecule has 0 spiro atoms. The van der Waals surface area contributed by atoms with Crippen molar-refractivity contribution >= 4 is 17.5 Å². The van der Waals surface area contributed by atoms with E-state index < -0.39 is 0 Å². The van der Waals surface area contributed by atoms with E-state index in [4.69, 9.17) is 4.74 Å². The van der Waals surface area contributed by atoms with E-state index in [9.17, 15) is 9.59 Å². The van der Waals surface area contributed by atoms with Crippen LogP contribution < -0.4 is 15.4 Å². The maximum absolute atomic E-state index is 12.8. The molecule has 1 aliphatic rings. The highest BCUT2D eigenvalue weighted by atomic mass is 16.5. The number of methoxy groups -OCH3 is 1. The summed E-state index contributed by atoms with van der Waals surface area (Å²) in [5, 5.41) is 5.91. The Kier molecular flexibility index (Phi) is 6.26. The average Bonchev–Trinajstić information content (AvgIpc) is 2.66. The van der Waals surface area contributed by atoms with Crippen LogP contribution in [0.2, 0.25) is 0 Å². The summed E-state index contributed by atoms with van der Waals surface area (Å²) in [6.45, 7) is 5.80. The van der Waals surface area contributed by atoms with Gasteiger partial charge in [0, 0.05) is 12.0 Å². The minimum absolute atomic E-state index is 0.0744. The third kappa shape index (κ3) is 5.37. The molecule has 1 aliphatic carbocycles. The van der Waals surface area contributed by atoms with Crippen molar-refractivity contribution in [3.05, 3.63) is 59.2 Å². The van der Waals surface area contributed by atoms with Crippen LogP contribution in [0.25, 0.3) is 0 Å². The molecular formula is C24H30N2O3. The first-order chi connectivity index (χ1) is 13.8. The smallest absolute Gasteiger partial charge is 0.253 e. The molecule has 0 heterocycles. The van der Waals surface area contributed by atoms with Crippen LogP contribution >= 0.6 is 0 Å². The molecule has 0 saturated heterocycles. The summed E-state index contributed by atoms with van der Waals surface area (Å²) in [7, 11) is 1.67. The zero-order chi connectivity index (χ0) is 21.0. The predicted octanol–water partition coefficient (Wildman–Crippen LogP) is 4.67. The lowest BCUT2D eigenvalue weighted by Gasteiger charge is -2.26. The average molecular weight is 395 g/mol. The van der Waals surface area contributed by atoms with Gasteiger partial charge >= 0.3 is 0 Å². The monoisotopic (exact) mass is 394 g/mol. The molecule has 0 aliphatic heterocycles. The second-order valence-corrected chi connectivity index (χ2v) is 8.66. The highest BCUT2D eigenvalue weighted by Crippen LogP contribution is 2.36. The van der Waals surface area contributed by atoms with Crippen LogP contribution in [0, 0.1) is 0 Å². The number of anilines is 1. The van der Waals surface area contributed by atoms with Gasteiger partial charge in [0.1, 0.15) is 5.75 Å². The van der Waals surface area contributed by atoms with Gasteiger partial charge in [-0.15, -0.1) is 0 Å². The summed E-state index contributed by atoms with van der Waals surface area (Å²) >= 11 is 0. The van der Waals surface area contributed by atoms with E-state index in [1.807, 2.05) is 32.9 Å². The molecule has 154 valence electrons. The van der Waals surface area contributed by atoms with Crippen molar-refractivity contribution in [3.8, 4) is 5.75 Å². The van der Waals surface area contributed by atoms with Crippen LogP contribution in [0.3, 0.4) is 0 Å². The fraction of sp³-hybridized carbons (Fsp3) is 0.417. The second kappa shape index (κ2) is 8.68. The summed E-state index contributed by atoms with van der Waals surface area (Å²) < 4.78 is 5.33. The molecule has 3 rings (SSSR count). The number of rotatable bonds is 5. The standard InChI is InChI=1S/C24H30N2O3/c1-24(2,3)26-23(28)20-10-5-6-11-21(20)25-22(27)15-17-9-7-8-16-14-18(29-4)12-13-19(16)17/h5-6,10-14,17H,7-9,15H2,1-4H3,(H,25,27)(H,26,28). The highest BCUT2D eigenvalue weighted by molar-refractivity contribution is 6.04. The molecule has 2 aromatic rings. The van der Waals surface area contributed by atoms with Crippen LogP contribution in [0.4, 0.5) is 5.69 Å². The number of amides is 2. The molecule has 0 fully saturated rings. The summed E-state index contributed by atoms with van der Waals surface area (Å²) in [5.74, 6) is 0.769. The number of hydrogen-bond acceptors (Lipinski definition) is 3. The Labute approximate surface area is 172 Å². The lowest BCUT2D eigenvalue weighted by Crippen LogP contribution is -2.40. The summed E-state index contributed by atoms with van der Waals surface area (Å²) in [6.07, 6.45) is 3.45. The van der Waals surface area contributed by atoms with Crippen molar-refractivity contribution in [3.63, 3.8) is 0 Å². The van der Waals surface area contributed by atoms with E-state index >= 15 is 0 Å². The number of benzene rings is 2. The number of carbonyl (C=O) groups is 2. The lowest BCUT2D eigenvalue weighted by molar-refractivity contribution is -0.116. The first kappa shape index (κ1) is 20.9. The van der Waals surface area contributed by atoms with Crippen LogP contribution in [0.5, 0.6) is 5.75 Å². The molecule has 2 amide bonds. The number of hydrogen-bond donors (Lipinski definition) is 2. The van der Waals surface area contributed by atoms with Gasteiger partial charge in [-0.1, -0.05) is 18.2 Å². The zero-order valence-corrected chi connectivity index (χ0v) is 17.7.